The molecule has 3 N–H and O–H groups in total. The van der Waals surface area contributed by atoms with E-state index in [-0.39, 0.29) is 5.91 Å². The summed E-state index contributed by atoms with van der Waals surface area (Å²) in [5.41, 5.74) is 10.2. The van der Waals surface area contributed by atoms with Crippen LogP contribution in [0.2, 0.25) is 0 Å². The molecule has 114 valence electrons. The first-order valence-corrected chi connectivity index (χ1v) is 7.99. The highest BCUT2D eigenvalue weighted by Crippen LogP contribution is 2.36. The maximum absolute atomic E-state index is 11.5. The molecule has 1 aromatic carbocycles. The van der Waals surface area contributed by atoms with Gasteiger partial charge in [-0.15, -0.1) is 0 Å². The highest BCUT2D eigenvalue weighted by molar-refractivity contribution is 5.95. The maximum Gasteiger partial charge on any atom is 0.224 e. The van der Waals surface area contributed by atoms with Crippen LogP contribution in [0, 0.1) is 5.92 Å². The fourth-order valence-corrected chi connectivity index (χ4v) is 3.69. The van der Waals surface area contributed by atoms with E-state index in [1.54, 1.807) is 0 Å². The Morgan fingerprint density at radius 1 is 1.29 bits per heavy atom. The molecule has 0 spiro atoms. The summed E-state index contributed by atoms with van der Waals surface area (Å²) in [6, 6.07) is 4.67. The predicted octanol–water partition coefficient (Wildman–Crippen LogP) is 3.17. The summed E-state index contributed by atoms with van der Waals surface area (Å²) >= 11 is 0. The van der Waals surface area contributed by atoms with Gasteiger partial charge in [-0.1, -0.05) is 19.8 Å². The topological polar surface area (TPSA) is 58.4 Å². The minimum atomic E-state index is 0.0871. The van der Waals surface area contributed by atoms with Gasteiger partial charge in [-0.3, -0.25) is 4.79 Å². The van der Waals surface area contributed by atoms with E-state index in [0.717, 1.165) is 29.4 Å². The molecule has 1 aliphatic carbocycles. The van der Waals surface area contributed by atoms with Crippen LogP contribution in [0.4, 0.5) is 17.1 Å². The molecule has 2 atom stereocenters. The van der Waals surface area contributed by atoms with Gasteiger partial charge in [0.05, 0.1) is 11.4 Å². The Morgan fingerprint density at radius 3 is 2.86 bits per heavy atom. The summed E-state index contributed by atoms with van der Waals surface area (Å²) < 4.78 is 0. The van der Waals surface area contributed by atoms with Gasteiger partial charge in [0.2, 0.25) is 5.91 Å². The monoisotopic (exact) mass is 287 g/mol. The molecule has 1 amide bonds. The first kappa shape index (κ1) is 14.2. The van der Waals surface area contributed by atoms with Crippen LogP contribution >= 0.6 is 0 Å². The van der Waals surface area contributed by atoms with Crippen molar-refractivity contribution in [2.45, 2.75) is 51.5 Å². The number of hydrogen-bond donors (Lipinski definition) is 2. The third kappa shape index (κ3) is 2.85. The molecule has 3 rings (SSSR count). The largest absolute Gasteiger partial charge is 0.397 e. The van der Waals surface area contributed by atoms with E-state index in [4.69, 9.17) is 5.73 Å². The fourth-order valence-electron chi connectivity index (χ4n) is 3.69. The second-order valence-corrected chi connectivity index (χ2v) is 6.65. The molecular weight excluding hydrogens is 262 g/mol. The van der Waals surface area contributed by atoms with Gasteiger partial charge in [0.1, 0.15) is 0 Å². The van der Waals surface area contributed by atoms with Crippen LogP contribution in [-0.2, 0) is 11.2 Å². The number of fused-ring (bicyclic) bond motifs is 1. The average molecular weight is 287 g/mol. The number of aryl methyl sites for hydroxylation is 1. The van der Waals surface area contributed by atoms with Gasteiger partial charge in [-0.2, -0.15) is 0 Å². The van der Waals surface area contributed by atoms with Crippen LogP contribution < -0.4 is 16.0 Å². The number of anilines is 3. The number of nitrogen functional groups attached to an aromatic ring is 1. The molecule has 0 saturated heterocycles. The number of benzene rings is 1. The molecule has 1 saturated carbocycles. The lowest BCUT2D eigenvalue weighted by Gasteiger charge is -2.36. The molecule has 0 bridgehead atoms. The van der Waals surface area contributed by atoms with Crippen LogP contribution in [0.25, 0.3) is 0 Å². The van der Waals surface area contributed by atoms with Crippen LogP contribution in [0.3, 0.4) is 0 Å². The quantitative estimate of drug-likeness (QED) is 0.821. The third-order valence-corrected chi connectivity index (χ3v) is 4.98. The standard InChI is InChI=1S/C17H25N3O/c1-11-4-3-5-13(8-11)20(2)16-9-12-6-7-17(21)19-15(12)10-14(16)18/h9-11,13H,3-8,18H2,1-2H3,(H,19,21). The number of carbonyl (C=O) groups is 1. The van der Waals surface area contributed by atoms with Gasteiger partial charge in [-0.25, -0.2) is 0 Å². The summed E-state index contributed by atoms with van der Waals surface area (Å²) in [7, 11) is 2.15. The number of rotatable bonds is 2. The minimum Gasteiger partial charge on any atom is -0.397 e. The molecule has 1 aromatic rings. The van der Waals surface area contributed by atoms with E-state index < -0.39 is 0 Å². The molecular formula is C17H25N3O. The molecule has 0 radical (unpaired) electrons. The highest BCUT2D eigenvalue weighted by atomic mass is 16.1. The lowest BCUT2D eigenvalue weighted by molar-refractivity contribution is -0.116. The minimum absolute atomic E-state index is 0.0871. The van der Waals surface area contributed by atoms with E-state index in [2.05, 4.69) is 30.3 Å². The zero-order valence-electron chi connectivity index (χ0n) is 13.0. The molecule has 2 unspecified atom stereocenters. The second kappa shape index (κ2) is 5.58. The number of nitrogens with one attached hydrogen (secondary N) is 1. The lowest BCUT2D eigenvalue weighted by atomic mass is 9.86. The van der Waals surface area contributed by atoms with Crippen molar-refractivity contribution in [3.8, 4) is 0 Å². The molecule has 21 heavy (non-hydrogen) atoms. The van der Waals surface area contributed by atoms with Crippen LogP contribution in [0.15, 0.2) is 12.1 Å². The van der Waals surface area contributed by atoms with Gasteiger partial charge >= 0.3 is 0 Å². The van der Waals surface area contributed by atoms with Crippen LogP contribution in [0.5, 0.6) is 0 Å². The van der Waals surface area contributed by atoms with Crippen LogP contribution in [0.1, 0.15) is 44.6 Å². The summed E-state index contributed by atoms with van der Waals surface area (Å²) in [6.45, 7) is 2.34. The van der Waals surface area contributed by atoms with Crippen molar-refractivity contribution in [2.24, 2.45) is 5.92 Å². The maximum atomic E-state index is 11.5. The number of amides is 1. The van der Waals surface area contributed by atoms with Crippen LogP contribution in [-0.4, -0.2) is 19.0 Å². The van der Waals surface area contributed by atoms with Crippen molar-refractivity contribution in [2.75, 3.05) is 23.0 Å². The Morgan fingerprint density at radius 2 is 2.10 bits per heavy atom. The average Bonchev–Trinajstić information content (AvgIpc) is 2.45. The third-order valence-electron chi connectivity index (χ3n) is 4.98. The van der Waals surface area contributed by atoms with E-state index in [1.807, 2.05) is 6.07 Å². The molecule has 4 nitrogen and oxygen atoms in total. The number of hydrogen-bond acceptors (Lipinski definition) is 3. The Balaban J connectivity index is 1.86. The first-order valence-electron chi connectivity index (χ1n) is 7.99. The summed E-state index contributed by atoms with van der Waals surface area (Å²) in [6.07, 6.45) is 6.51. The summed E-state index contributed by atoms with van der Waals surface area (Å²) in [5.74, 6) is 0.883. The molecule has 4 heteroatoms. The number of nitrogens with two attached hydrogens (primary N) is 1. The van der Waals surface area contributed by atoms with Crippen molar-refractivity contribution in [1.29, 1.82) is 0 Å². The smallest absolute Gasteiger partial charge is 0.224 e. The second-order valence-electron chi connectivity index (χ2n) is 6.65. The normalized spacial score (nSPS) is 25.1. The van der Waals surface area contributed by atoms with Crippen molar-refractivity contribution >= 4 is 23.0 Å². The van der Waals surface area contributed by atoms with Gasteiger partial charge in [0, 0.05) is 25.2 Å². The molecule has 2 aliphatic rings. The SMILES string of the molecule is CC1CCCC(N(C)c2cc3c(cc2N)NC(=O)CC3)C1. The van der Waals surface area contributed by atoms with E-state index in [1.165, 1.54) is 31.2 Å². The lowest BCUT2D eigenvalue weighted by Crippen LogP contribution is -2.36. The van der Waals surface area contributed by atoms with Gasteiger partial charge in [0.25, 0.3) is 0 Å². The van der Waals surface area contributed by atoms with Crippen molar-refractivity contribution in [1.82, 2.24) is 0 Å². The molecule has 0 aromatic heterocycles. The van der Waals surface area contributed by atoms with Crippen molar-refractivity contribution in [3.63, 3.8) is 0 Å². The first-order chi connectivity index (χ1) is 10.0. The molecule has 1 heterocycles. The van der Waals surface area contributed by atoms with Gasteiger partial charge in [0.15, 0.2) is 0 Å². The van der Waals surface area contributed by atoms with E-state index in [0.29, 0.717) is 12.5 Å². The number of carbonyl (C=O) groups excluding carboxylic acids is 1. The predicted molar refractivity (Wildman–Crippen MR) is 87.6 cm³/mol. The Bertz CT molecular complexity index is 555. The Kier molecular flexibility index (Phi) is 3.79. The van der Waals surface area contributed by atoms with Crippen molar-refractivity contribution < 1.29 is 4.79 Å². The fraction of sp³-hybridized carbons (Fsp3) is 0.588. The van der Waals surface area contributed by atoms with Gasteiger partial charge < -0.3 is 16.0 Å². The van der Waals surface area contributed by atoms with Gasteiger partial charge in [-0.05, 0) is 42.9 Å². The summed E-state index contributed by atoms with van der Waals surface area (Å²) in [5, 5.41) is 2.92. The molecule has 1 aliphatic heterocycles. The highest BCUT2D eigenvalue weighted by Gasteiger charge is 2.25. The zero-order valence-corrected chi connectivity index (χ0v) is 13.0. The number of nitrogens with zero attached hydrogens (tertiary/aromatic N) is 1. The zero-order chi connectivity index (χ0) is 15.0. The summed E-state index contributed by atoms with van der Waals surface area (Å²) in [4.78, 5) is 13.8. The van der Waals surface area contributed by atoms with E-state index in [9.17, 15) is 4.79 Å². The molecule has 1 fully saturated rings. The Hall–Kier alpha value is -1.71. The van der Waals surface area contributed by atoms with E-state index >= 15 is 0 Å². The Labute approximate surface area is 126 Å². The van der Waals surface area contributed by atoms with Crippen molar-refractivity contribution in [3.05, 3.63) is 17.7 Å².